The van der Waals surface area contributed by atoms with E-state index < -0.39 is 5.97 Å². The van der Waals surface area contributed by atoms with Gasteiger partial charge < -0.3 is 9.64 Å². The summed E-state index contributed by atoms with van der Waals surface area (Å²) in [6.07, 6.45) is -0.0192. The summed E-state index contributed by atoms with van der Waals surface area (Å²) < 4.78 is 4.38. The lowest BCUT2D eigenvalue weighted by Gasteiger charge is -2.08. The van der Waals surface area contributed by atoms with E-state index in [-0.39, 0.29) is 30.4 Å². The maximum absolute atomic E-state index is 11.4. The number of amides is 1. The molecule has 5 nitrogen and oxygen atoms in total. The van der Waals surface area contributed by atoms with E-state index >= 15 is 0 Å². The highest BCUT2D eigenvalue weighted by Gasteiger charge is 2.32. The monoisotopic (exact) mass is 199 g/mol. The molecule has 1 heterocycles. The fraction of sp³-hybridized carbons (Fsp3) is 0.667. The van der Waals surface area contributed by atoms with Crippen LogP contribution in [0.25, 0.3) is 0 Å². The zero-order valence-electron chi connectivity index (χ0n) is 8.28. The van der Waals surface area contributed by atoms with E-state index in [0.717, 1.165) is 0 Å². The van der Waals surface area contributed by atoms with Crippen LogP contribution in [0.5, 0.6) is 0 Å². The summed E-state index contributed by atoms with van der Waals surface area (Å²) in [7, 11) is 2.88. The van der Waals surface area contributed by atoms with E-state index in [1.807, 2.05) is 0 Å². The number of hydrogen-bond donors (Lipinski definition) is 0. The summed E-state index contributed by atoms with van der Waals surface area (Å²) in [5.41, 5.74) is 0. The van der Waals surface area contributed by atoms with Gasteiger partial charge in [-0.3, -0.25) is 14.4 Å². The molecule has 1 aliphatic heterocycles. The van der Waals surface area contributed by atoms with E-state index in [4.69, 9.17) is 0 Å². The molecule has 1 unspecified atom stereocenters. The molecule has 0 aromatic carbocycles. The third-order valence-corrected chi connectivity index (χ3v) is 2.34. The van der Waals surface area contributed by atoms with E-state index in [0.29, 0.717) is 6.54 Å². The molecule has 0 aliphatic carbocycles. The number of nitrogens with zero attached hydrogens (tertiary/aromatic N) is 1. The van der Waals surface area contributed by atoms with Gasteiger partial charge in [0.05, 0.1) is 7.11 Å². The Morgan fingerprint density at radius 2 is 2.21 bits per heavy atom. The Labute approximate surface area is 82.0 Å². The first-order valence-corrected chi connectivity index (χ1v) is 4.38. The van der Waals surface area contributed by atoms with Crippen LogP contribution in [-0.4, -0.2) is 43.3 Å². The number of carbonyl (C=O) groups excluding carboxylic acids is 3. The van der Waals surface area contributed by atoms with Gasteiger partial charge in [-0.25, -0.2) is 0 Å². The van der Waals surface area contributed by atoms with Gasteiger partial charge in [0.15, 0.2) is 0 Å². The largest absolute Gasteiger partial charge is 0.469 e. The van der Waals surface area contributed by atoms with E-state index in [2.05, 4.69) is 4.74 Å². The molecule has 1 aliphatic rings. The first kappa shape index (κ1) is 10.7. The highest BCUT2D eigenvalue weighted by Crippen LogP contribution is 2.18. The number of methoxy groups -OCH3 is 1. The molecule has 0 aromatic rings. The minimum absolute atomic E-state index is 0.0479. The van der Waals surface area contributed by atoms with E-state index in [1.54, 1.807) is 7.05 Å². The normalized spacial score (nSPS) is 21.1. The Morgan fingerprint density at radius 3 is 2.64 bits per heavy atom. The molecule has 78 valence electrons. The molecule has 5 heteroatoms. The molecule has 14 heavy (non-hydrogen) atoms. The molecule has 1 fully saturated rings. The minimum Gasteiger partial charge on any atom is -0.469 e. The van der Waals surface area contributed by atoms with Gasteiger partial charge in [0, 0.05) is 25.9 Å². The Bertz CT molecular complexity index is 274. The number of carbonyl (C=O) groups is 3. The second-order valence-corrected chi connectivity index (χ2v) is 3.39. The van der Waals surface area contributed by atoms with E-state index in [1.165, 1.54) is 12.0 Å². The van der Waals surface area contributed by atoms with Gasteiger partial charge in [-0.1, -0.05) is 0 Å². The maximum atomic E-state index is 11.4. The summed E-state index contributed by atoms with van der Waals surface area (Å²) >= 11 is 0. The number of rotatable bonds is 3. The topological polar surface area (TPSA) is 63.7 Å². The van der Waals surface area contributed by atoms with Crippen LogP contribution in [-0.2, 0) is 19.1 Å². The lowest BCUT2D eigenvalue weighted by Crippen LogP contribution is -2.23. The molecular weight excluding hydrogens is 186 g/mol. The Hall–Kier alpha value is -1.39. The molecule has 0 aromatic heterocycles. The summed E-state index contributed by atoms with van der Waals surface area (Å²) in [6, 6.07) is 0. The number of esters is 1. The second kappa shape index (κ2) is 4.21. The van der Waals surface area contributed by atoms with E-state index in [9.17, 15) is 14.4 Å². The Balaban J connectivity index is 2.47. The first-order chi connectivity index (χ1) is 6.54. The summed E-state index contributed by atoms with van der Waals surface area (Å²) in [6.45, 7) is 0.411. The molecule has 0 spiro atoms. The average molecular weight is 199 g/mol. The van der Waals surface area contributed by atoms with Gasteiger partial charge >= 0.3 is 5.97 Å². The minimum atomic E-state index is -0.544. The van der Waals surface area contributed by atoms with Crippen LogP contribution in [0, 0.1) is 5.92 Å². The van der Waals surface area contributed by atoms with Crippen LogP contribution in [0.1, 0.15) is 12.8 Å². The van der Waals surface area contributed by atoms with Gasteiger partial charge in [0.1, 0.15) is 12.2 Å². The molecule has 0 bridgehead atoms. The maximum Gasteiger partial charge on any atom is 0.313 e. The van der Waals surface area contributed by atoms with Gasteiger partial charge in [-0.2, -0.15) is 0 Å². The fourth-order valence-corrected chi connectivity index (χ4v) is 1.44. The highest BCUT2D eigenvalue weighted by atomic mass is 16.5. The zero-order valence-corrected chi connectivity index (χ0v) is 8.28. The van der Waals surface area contributed by atoms with Gasteiger partial charge in [0.25, 0.3) is 0 Å². The number of likely N-dealkylation sites (tertiary alicyclic amines) is 1. The SMILES string of the molecule is COC(=O)CC(=O)C1CC(=O)N(C)C1. The lowest BCUT2D eigenvalue weighted by atomic mass is 10.0. The molecule has 1 amide bonds. The fourth-order valence-electron chi connectivity index (χ4n) is 1.44. The quantitative estimate of drug-likeness (QED) is 0.458. The molecular formula is C9H13NO4. The van der Waals surface area contributed by atoms with Crippen molar-refractivity contribution in [2.75, 3.05) is 20.7 Å². The van der Waals surface area contributed by atoms with Crippen LogP contribution >= 0.6 is 0 Å². The Morgan fingerprint density at radius 1 is 1.57 bits per heavy atom. The van der Waals surface area contributed by atoms with Crippen molar-refractivity contribution in [2.24, 2.45) is 5.92 Å². The van der Waals surface area contributed by atoms with Crippen molar-refractivity contribution in [1.82, 2.24) is 4.90 Å². The van der Waals surface area contributed by atoms with Crippen LogP contribution in [0.2, 0.25) is 0 Å². The third-order valence-electron chi connectivity index (χ3n) is 2.34. The zero-order chi connectivity index (χ0) is 10.7. The predicted octanol–water partition coefficient (Wildman–Crippen LogP) is -0.403. The highest BCUT2D eigenvalue weighted by molar-refractivity contribution is 5.99. The van der Waals surface area contributed by atoms with Crippen molar-refractivity contribution in [2.45, 2.75) is 12.8 Å². The second-order valence-electron chi connectivity index (χ2n) is 3.39. The summed E-state index contributed by atoms with van der Waals surface area (Å²) in [5, 5.41) is 0. The lowest BCUT2D eigenvalue weighted by molar-refractivity contribution is -0.144. The van der Waals surface area contributed by atoms with Gasteiger partial charge in [-0.15, -0.1) is 0 Å². The number of hydrogen-bond acceptors (Lipinski definition) is 4. The number of ether oxygens (including phenoxy) is 1. The van der Waals surface area contributed by atoms with Crippen molar-refractivity contribution in [1.29, 1.82) is 0 Å². The first-order valence-electron chi connectivity index (χ1n) is 4.38. The smallest absolute Gasteiger partial charge is 0.313 e. The van der Waals surface area contributed by atoms with Crippen LogP contribution < -0.4 is 0 Å². The van der Waals surface area contributed by atoms with Crippen molar-refractivity contribution >= 4 is 17.7 Å². The summed E-state index contributed by atoms with van der Waals surface area (Å²) in [5.74, 6) is -1.15. The predicted molar refractivity (Wildman–Crippen MR) is 47.4 cm³/mol. The molecule has 0 N–H and O–H groups in total. The van der Waals surface area contributed by atoms with Crippen molar-refractivity contribution in [3.63, 3.8) is 0 Å². The van der Waals surface area contributed by atoms with Crippen LogP contribution in [0.3, 0.4) is 0 Å². The van der Waals surface area contributed by atoms with Crippen molar-refractivity contribution in [3.8, 4) is 0 Å². The van der Waals surface area contributed by atoms with Crippen molar-refractivity contribution in [3.05, 3.63) is 0 Å². The summed E-state index contributed by atoms with van der Waals surface area (Å²) in [4.78, 5) is 34.8. The third kappa shape index (κ3) is 2.31. The van der Waals surface area contributed by atoms with Crippen LogP contribution in [0.15, 0.2) is 0 Å². The molecule has 1 atom stereocenters. The van der Waals surface area contributed by atoms with Crippen molar-refractivity contribution < 1.29 is 19.1 Å². The van der Waals surface area contributed by atoms with Crippen LogP contribution in [0.4, 0.5) is 0 Å². The molecule has 0 saturated carbocycles. The molecule has 1 saturated heterocycles. The average Bonchev–Trinajstić information content (AvgIpc) is 2.47. The van der Waals surface area contributed by atoms with Gasteiger partial charge in [0.2, 0.25) is 5.91 Å². The number of ketones is 1. The molecule has 1 rings (SSSR count). The number of Topliss-reactive ketones (excluding diaryl/α,β-unsaturated/α-hetero) is 1. The molecule has 0 radical (unpaired) electrons. The Kier molecular flexibility index (Phi) is 3.22. The standard InChI is InChI=1S/C9H13NO4/c1-10-5-6(3-8(10)12)7(11)4-9(13)14-2/h6H,3-5H2,1-2H3. The van der Waals surface area contributed by atoms with Gasteiger partial charge in [-0.05, 0) is 0 Å².